The van der Waals surface area contributed by atoms with Crippen molar-refractivity contribution in [2.75, 3.05) is 29.1 Å². The van der Waals surface area contributed by atoms with Crippen LogP contribution >= 0.6 is 0 Å². The number of Topliss-reactive ketones (excluding diaryl/α,β-unsaturated/α-hetero) is 1. The van der Waals surface area contributed by atoms with Gasteiger partial charge in [-0.15, -0.1) is 0 Å². The quantitative estimate of drug-likeness (QED) is 0.537. The number of nitrogens with zero attached hydrogens (tertiary/aromatic N) is 2. The van der Waals surface area contributed by atoms with Gasteiger partial charge >= 0.3 is 0 Å². The molecule has 1 aromatic heterocycles. The summed E-state index contributed by atoms with van der Waals surface area (Å²) >= 11 is 0. The molecular formula is C23H22N4O6. The number of nitrogens with two attached hydrogens (primary N) is 1. The van der Waals surface area contributed by atoms with Gasteiger partial charge in [0, 0.05) is 36.8 Å². The molecule has 33 heavy (non-hydrogen) atoms. The molecule has 2 heterocycles. The highest BCUT2D eigenvalue weighted by Gasteiger charge is 2.39. The van der Waals surface area contributed by atoms with Crippen LogP contribution in [0.3, 0.4) is 0 Å². The van der Waals surface area contributed by atoms with Crippen molar-refractivity contribution in [3.63, 3.8) is 0 Å². The number of ketones is 1. The molecular weight excluding hydrogens is 428 g/mol. The first-order valence-electron chi connectivity index (χ1n) is 10.6. The van der Waals surface area contributed by atoms with Crippen molar-refractivity contribution in [2.24, 2.45) is 0 Å². The van der Waals surface area contributed by atoms with Gasteiger partial charge in [0.15, 0.2) is 23.6 Å². The van der Waals surface area contributed by atoms with Gasteiger partial charge in [-0.05, 0) is 41.8 Å². The van der Waals surface area contributed by atoms with E-state index in [-0.39, 0.29) is 24.8 Å². The highest BCUT2D eigenvalue weighted by atomic mass is 16.5. The summed E-state index contributed by atoms with van der Waals surface area (Å²) in [7, 11) is 0. The number of hydrogen-bond acceptors (Lipinski definition) is 8. The van der Waals surface area contributed by atoms with E-state index in [0.717, 1.165) is 11.1 Å². The second-order valence-electron chi connectivity index (χ2n) is 8.16. The van der Waals surface area contributed by atoms with Crippen molar-refractivity contribution in [3.8, 4) is 0 Å². The number of rotatable bonds is 4. The number of fused-ring (bicyclic) bond motifs is 2. The maximum absolute atomic E-state index is 13.1. The Kier molecular flexibility index (Phi) is 5.31. The first-order chi connectivity index (χ1) is 15.9. The fourth-order valence-electron chi connectivity index (χ4n) is 4.24. The Morgan fingerprint density at radius 2 is 2.03 bits per heavy atom. The SMILES string of the molecule is Nc1noc2cc(NC(=O)[C@H](O)[C@H]3OCCN(c4ccc5c(c4)CC(=O)CC5)C3=O)ccc12. The van der Waals surface area contributed by atoms with E-state index in [9.17, 15) is 19.5 Å². The lowest BCUT2D eigenvalue weighted by Crippen LogP contribution is -2.55. The number of nitrogens with one attached hydrogen (secondary N) is 1. The zero-order valence-electron chi connectivity index (χ0n) is 17.6. The molecule has 0 spiro atoms. The van der Waals surface area contributed by atoms with Gasteiger partial charge in [-0.3, -0.25) is 14.4 Å². The molecule has 5 rings (SSSR count). The van der Waals surface area contributed by atoms with Gasteiger partial charge in [0.25, 0.3) is 11.8 Å². The van der Waals surface area contributed by atoms with Crippen molar-refractivity contribution in [1.82, 2.24) is 5.16 Å². The van der Waals surface area contributed by atoms with E-state index in [0.29, 0.717) is 41.6 Å². The molecule has 2 amide bonds. The molecule has 10 heteroatoms. The van der Waals surface area contributed by atoms with Crippen molar-refractivity contribution in [1.29, 1.82) is 0 Å². The Morgan fingerprint density at radius 1 is 1.18 bits per heavy atom. The molecule has 1 saturated heterocycles. The molecule has 2 aromatic carbocycles. The van der Waals surface area contributed by atoms with E-state index in [1.54, 1.807) is 12.1 Å². The Hall–Kier alpha value is -3.76. The van der Waals surface area contributed by atoms with E-state index >= 15 is 0 Å². The number of nitrogen functional groups attached to an aromatic ring is 1. The normalized spacial score (nSPS) is 19.4. The number of anilines is 3. The predicted molar refractivity (Wildman–Crippen MR) is 119 cm³/mol. The van der Waals surface area contributed by atoms with E-state index in [2.05, 4.69) is 10.5 Å². The van der Waals surface area contributed by atoms with Gasteiger partial charge < -0.3 is 30.3 Å². The lowest BCUT2D eigenvalue weighted by molar-refractivity contribution is -0.150. The van der Waals surface area contributed by atoms with E-state index in [4.69, 9.17) is 15.0 Å². The van der Waals surface area contributed by atoms with Crippen LogP contribution in [0, 0.1) is 0 Å². The molecule has 2 atom stereocenters. The number of aliphatic hydroxyl groups excluding tert-OH is 1. The summed E-state index contributed by atoms with van der Waals surface area (Å²) < 4.78 is 10.5. The largest absolute Gasteiger partial charge is 0.380 e. The molecule has 170 valence electrons. The third-order valence-electron chi connectivity index (χ3n) is 6.01. The minimum atomic E-state index is -1.73. The van der Waals surface area contributed by atoms with Crippen molar-refractivity contribution < 1.29 is 28.8 Å². The molecule has 0 unspecified atom stereocenters. The predicted octanol–water partition coefficient (Wildman–Crippen LogP) is 1.20. The van der Waals surface area contributed by atoms with E-state index in [1.807, 2.05) is 18.2 Å². The zero-order chi connectivity index (χ0) is 23.1. The Morgan fingerprint density at radius 3 is 2.88 bits per heavy atom. The summed E-state index contributed by atoms with van der Waals surface area (Å²) in [5.74, 6) is -0.914. The number of aryl methyl sites for hydroxylation is 1. The fraction of sp³-hybridized carbons (Fsp3) is 0.304. The molecule has 0 radical (unpaired) electrons. The standard InChI is InChI=1S/C23H22N4O6/c24-21-17-6-3-14(11-18(17)33-26-21)25-22(30)19(29)20-23(31)27(7-8-32-20)15-4-1-12-2-5-16(28)10-13(12)9-15/h1,3-4,6,9,11,19-20,29H,2,5,7-8,10H2,(H2,24,26)(H,25,30)/t19-,20-/m1/s1. The fourth-order valence-corrected chi connectivity index (χ4v) is 4.24. The average Bonchev–Trinajstić information content (AvgIpc) is 3.18. The van der Waals surface area contributed by atoms with Crippen LogP contribution < -0.4 is 16.0 Å². The van der Waals surface area contributed by atoms with Crippen LogP contribution in [0.2, 0.25) is 0 Å². The smallest absolute Gasteiger partial charge is 0.259 e. The third-order valence-corrected chi connectivity index (χ3v) is 6.01. The monoisotopic (exact) mass is 450 g/mol. The van der Waals surface area contributed by atoms with Crippen LogP contribution in [0.1, 0.15) is 17.5 Å². The highest BCUT2D eigenvalue weighted by molar-refractivity contribution is 6.04. The summed E-state index contributed by atoms with van der Waals surface area (Å²) in [5, 5.41) is 17.4. The number of carbonyl (C=O) groups is 3. The maximum atomic E-state index is 13.1. The average molecular weight is 450 g/mol. The van der Waals surface area contributed by atoms with Gasteiger partial charge in [-0.2, -0.15) is 0 Å². The molecule has 1 aliphatic carbocycles. The van der Waals surface area contributed by atoms with Gasteiger partial charge in [0.1, 0.15) is 5.78 Å². The lowest BCUT2D eigenvalue weighted by atomic mass is 9.90. The number of aromatic nitrogens is 1. The molecule has 0 bridgehead atoms. The number of ether oxygens (including phenoxy) is 1. The maximum Gasteiger partial charge on any atom is 0.259 e. The first kappa shape index (κ1) is 21.1. The number of benzene rings is 2. The molecule has 3 aromatic rings. The number of morpholine rings is 1. The molecule has 0 saturated carbocycles. The van der Waals surface area contributed by atoms with Crippen molar-refractivity contribution >= 4 is 45.8 Å². The number of amides is 2. The minimum Gasteiger partial charge on any atom is -0.380 e. The Bertz CT molecular complexity index is 1270. The summed E-state index contributed by atoms with van der Waals surface area (Å²) in [6, 6.07) is 10.3. The second kappa shape index (κ2) is 8.30. The number of carbonyl (C=O) groups excluding carboxylic acids is 3. The molecule has 1 fully saturated rings. The second-order valence-corrected chi connectivity index (χ2v) is 8.16. The van der Waals surface area contributed by atoms with Crippen LogP contribution in [0.4, 0.5) is 17.2 Å². The van der Waals surface area contributed by atoms with Gasteiger partial charge in [-0.25, -0.2) is 0 Å². The van der Waals surface area contributed by atoms with Crippen LogP contribution in [-0.4, -0.2) is 53.2 Å². The molecule has 10 nitrogen and oxygen atoms in total. The zero-order valence-corrected chi connectivity index (χ0v) is 17.6. The van der Waals surface area contributed by atoms with Crippen LogP contribution in [-0.2, 0) is 32.0 Å². The Labute approximate surface area is 188 Å². The summed E-state index contributed by atoms with van der Waals surface area (Å²) in [6.45, 7) is 0.431. The van der Waals surface area contributed by atoms with Crippen molar-refractivity contribution in [2.45, 2.75) is 31.5 Å². The van der Waals surface area contributed by atoms with Gasteiger partial charge in [-0.1, -0.05) is 11.2 Å². The van der Waals surface area contributed by atoms with Gasteiger partial charge in [0.05, 0.1) is 12.0 Å². The third kappa shape index (κ3) is 3.94. The number of aliphatic hydroxyl groups is 1. The van der Waals surface area contributed by atoms with Crippen LogP contribution in [0.25, 0.3) is 11.0 Å². The van der Waals surface area contributed by atoms with Gasteiger partial charge in [0.2, 0.25) is 0 Å². The minimum absolute atomic E-state index is 0.153. The number of hydrogen-bond donors (Lipinski definition) is 3. The lowest BCUT2D eigenvalue weighted by Gasteiger charge is -2.34. The Balaban J connectivity index is 1.31. The summed E-state index contributed by atoms with van der Waals surface area (Å²) in [4.78, 5) is 39.0. The van der Waals surface area contributed by atoms with Crippen molar-refractivity contribution in [3.05, 3.63) is 47.5 Å². The molecule has 1 aliphatic heterocycles. The molecule has 2 aliphatic rings. The highest BCUT2D eigenvalue weighted by Crippen LogP contribution is 2.28. The van der Waals surface area contributed by atoms with Crippen LogP contribution in [0.15, 0.2) is 40.9 Å². The van der Waals surface area contributed by atoms with E-state index in [1.165, 1.54) is 11.0 Å². The summed E-state index contributed by atoms with van der Waals surface area (Å²) in [6.07, 6.45) is -1.52. The topological polar surface area (TPSA) is 148 Å². The summed E-state index contributed by atoms with van der Waals surface area (Å²) in [5.41, 5.74) is 9.03. The van der Waals surface area contributed by atoms with E-state index < -0.39 is 24.0 Å². The molecule has 4 N–H and O–H groups in total. The first-order valence-corrected chi connectivity index (χ1v) is 10.6. The van der Waals surface area contributed by atoms with Crippen LogP contribution in [0.5, 0.6) is 0 Å².